The third-order valence-corrected chi connectivity index (χ3v) is 3.65. The molecule has 0 N–H and O–H groups in total. The van der Waals surface area contributed by atoms with Crippen LogP contribution in [0, 0.1) is 5.92 Å². The molecule has 0 radical (unpaired) electrons. The molecule has 1 aliphatic rings. The first-order valence-corrected chi connectivity index (χ1v) is 6.85. The highest BCUT2D eigenvalue weighted by Gasteiger charge is 2.30. The highest BCUT2D eigenvalue weighted by atomic mass is 19.4. The minimum Gasteiger partial charge on any atom is -0.342 e. The van der Waals surface area contributed by atoms with Crippen molar-refractivity contribution in [3.05, 3.63) is 45.8 Å². The molecular formula is C14H15F3N4O. The lowest BCUT2D eigenvalue weighted by Gasteiger charge is -2.16. The monoisotopic (exact) mass is 312 g/mol. The normalized spacial score (nSPS) is 18.4. The van der Waals surface area contributed by atoms with E-state index in [0.29, 0.717) is 32.5 Å². The van der Waals surface area contributed by atoms with Gasteiger partial charge in [-0.2, -0.15) is 13.2 Å². The van der Waals surface area contributed by atoms with Crippen molar-refractivity contribution in [2.75, 3.05) is 19.6 Å². The Morgan fingerprint density at radius 3 is 2.59 bits per heavy atom. The van der Waals surface area contributed by atoms with Crippen LogP contribution in [0.25, 0.3) is 10.4 Å². The summed E-state index contributed by atoms with van der Waals surface area (Å²) in [7, 11) is 0. The molecule has 1 saturated heterocycles. The van der Waals surface area contributed by atoms with Crippen molar-refractivity contribution in [3.8, 4) is 0 Å². The summed E-state index contributed by atoms with van der Waals surface area (Å²) in [5, 5.41) is 3.47. The Morgan fingerprint density at radius 2 is 2.00 bits per heavy atom. The Hall–Kier alpha value is -2.21. The number of hydrogen-bond donors (Lipinski definition) is 0. The zero-order valence-electron chi connectivity index (χ0n) is 11.8. The first kappa shape index (κ1) is 16.2. The van der Waals surface area contributed by atoms with Crippen molar-refractivity contribution in [2.24, 2.45) is 11.0 Å². The van der Waals surface area contributed by atoms with E-state index in [9.17, 15) is 18.0 Å². The smallest absolute Gasteiger partial charge is 0.342 e. The zero-order valence-corrected chi connectivity index (χ0v) is 11.8. The van der Waals surface area contributed by atoms with E-state index in [1.165, 1.54) is 12.1 Å². The summed E-state index contributed by atoms with van der Waals surface area (Å²) in [6.07, 6.45) is -3.48. The molecule has 118 valence electrons. The minimum absolute atomic E-state index is 0.00921. The topological polar surface area (TPSA) is 69.1 Å². The van der Waals surface area contributed by atoms with Gasteiger partial charge in [0.1, 0.15) is 0 Å². The van der Waals surface area contributed by atoms with Gasteiger partial charge < -0.3 is 4.90 Å². The van der Waals surface area contributed by atoms with Gasteiger partial charge in [-0.15, -0.1) is 0 Å². The van der Waals surface area contributed by atoms with Gasteiger partial charge in [-0.25, -0.2) is 0 Å². The van der Waals surface area contributed by atoms with Crippen LogP contribution in [-0.4, -0.2) is 30.4 Å². The molecule has 2 rings (SSSR count). The summed E-state index contributed by atoms with van der Waals surface area (Å²) in [5.41, 5.74) is 8.34. The van der Waals surface area contributed by atoms with Crippen LogP contribution in [0.15, 0.2) is 29.4 Å². The molecule has 0 bridgehead atoms. The van der Waals surface area contributed by atoms with Crippen molar-refractivity contribution < 1.29 is 18.0 Å². The lowest BCUT2D eigenvalue weighted by Crippen LogP contribution is -2.27. The molecule has 5 nitrogen and oxygen atoms in total. The molecule has 0 aromatic heterocycles. The van der Waals surface area contributed by atoms with E-state index in [2.05, 4.69) is 10.0 Å². The molecule has 1 fully saturated rings. The van der Waals surface area contributed by atoms with E-state index in [1.807, 2.05) is 0 Å². The number of benzene rings is 1. The average Bonchev–Trinajstić information content (AvgIpc) is 2.83. The van der Waals surface area contributed by atoms with Gasteiger partial charge in [0.15, 0.2) is 0 Å². The summed E-state index contributed by atoms with van der Waals surface area (Å²) in [5.74, 6) is 0.0149. The molecule has 1 unspecified atom stereocenters. The van der Waals surface area contributed by atoms with E-state index < -0.39 is 11.7 Å². The van der Waals surface area contributed by atoms with E-state index in [4.69, 9.17) is 5.53 Å². The van der Waals surface area contributed by atoms with Crippen LogP contribution >= 0.6 is 0 Å². The third kappa shape index (κ3) is 4.14. The maximum atomic E-state index is 12.5. The molecular weight excluding hydrogens is 297 g/mol. The number of nitrogens with zero attached hydrogens (tertiary/aromatic N) is 4. The van der Waals surface area contributed by atoms with E-state index in [1.54, 1.807) is 4.90 Å². The Morgan fingerprint density at radius 1 is 1.32 bits per heavy atom. The first-order valence-electron chi connectivity index (χ1n) is 6.85. The van der Waals surface area contributed by atoms with Gasteiger partial charge in [0, 0.05) is 31.0 Å². The van der Waals surface area contributed by atoms with Crippen LogP contribution in [-0.2, 0) is 17.4 Å². The van der Waals surface area contributed by atoms with Crippen LogP contribution in [0.2, 0.25) is 0 Å². The van der Waals surface area contributed by atoms with Gasteiger partial charge in [-0.3, -0.25) is 4.79 Å². The Kier molecular flexibility index (Phi) is 4.92. The third-order valence-electron chi connectivity index (χ3n) is 3.65. The lowest BCUT2D eigenvalue weighted by atomic mass is 10.1. The summed E-state index contributed by atoms with van der Waals surface area (Å²) in [4.78, 5) is 16.1. The van der Waals surface area contributed by atoms with Gasteiger partial charge in [-0.1, -0.05) is 17.2 Å². The number of halogens is 3. The quantitative estimate of drug-likeness (QED) is 0.466. The number of azide groups is 1. The maximum Gasteiger partial charge on any atom is 0.416 e. The zero-order chi connectivity index (χ0) is 16.2. The van der Waals surface area contributed by atoms with Crippen LogP contribution < -0.4 is 0 Å². The Bertz CT molecular complexity index is 579. The number of alkyl halides is 3. The molecule has 0 spiro atoms. The van der Waals surface area contributed by atoms with Gasteiger partial charge in [0.25, 0.3) is 0 Å². The number of carbonyl (C=O) groups excluding carboxylic acids is 1. The predicted octanol–water partition coefficient (Wildman–Crippen LogP) is 3.41. The van der Waals surface area contributed by atoms with Crippen molar-refractivity contribution in [2.45, 2.75) is 19.0 Å². The summed E-state index contributed by atoms with van der Waals surface area (Å²) in [6.45, 7) is 1.27. The summed E-state index contributed by atoms with van der Waals surface area (Å²) >= 11 is 0. The summed E-state index contributed by atoms with van der Waals surface area (Å²) in [6, 6.07) is 4.96. The van der Waals surface area contributed by atoms with Crippen LogP contribution in [0.4, 0.5) is 13.2 Å². The fourth-order valence-electron chi connectivity index (χ4n) is 2.47. The van der Waals surface area contributed by atoms with Crippen LogP contribution in [0.3, 0.4) is 0 Å². The van der Waals surface area contributed by atoms with E-state index in [-0.39, 0.29) is 11.8 Å². The number of hydrogen-bond acceptors (Lipinski definition) is 2. The number of amides is 1. The molecule has 1 aromatic carbocycles. The van der Waals surface area contributed by atoms with Crippen molar-refractivity contribution >= 4 is 5.91 Å². The molecule has 1 aliphatic heterocycles. The fraction of sp³-hybridized carbons (Fsp3) is 0.500. The minimum atomic E-state index is -4.34. The van der Waals surface area contributed by atoms with Gasteiger partial charge >= 0.3 is 6.18 Å². The maximum absolute atomic E-state index is 12.5. The Balaban J connectivity index is 1.88. The molecule has 8 heteroatoms. The molecule has 22 heavy (non-hydrogen) atoms. The highest BCUT2D eigenvalue weighted by Crippen LogP contribution is 2.29. The number of rotatable bonds is 5. The first-order chi connectivity index (χ1) is 10.4. The van der Waals surface area contributed by atoms with Crippen molar-refractivity contribution in [1.82, 2.24) is 4.90 Å². The average molecular weight is 312 g/mol. The Labute approximate surface area is 125 Å². The molecule has 1 aromatic rings. The van der Waals surface area contributed by atoms with E-state index in [0.717, 1.165) is 17.7 Å². The second-order valence-electron chi connectivity index (χ2n) is 5.27. The standard InChI is InChI=1S/C14H15F3N4O/c15-14(16,17)12-3-1-10(2-4-12)5-6-21-9-11(7-13(21)22)8-19-20-18/h1-4,11H,5-9H2. The number of likely N-dealkylation sites (tertiary alicyclic amines) is 1. The molecule has 0 saturated carbocycles. The van der Waals surface area contributed by atoms with Crippen LogP contribution in [0.1, 0.15) is 17.5 Å². The van der Waals surface area contributed by atoms with Gasteiger partial charge in [-0.05, 0) is 35.6 Å². The van der Waals surface area contributed by atoms with Crippen molar-refractivity contribution in [3.63, 3.8) is 0 Å². The highest BCUT2D eigenvalue weighted by molar-refractivity contribution is 5.78. The largest absolute Gasteiger partial charge is 0.416 e. The SMILES string of the molecule is [N-]=[N+]=NCC1CC(=O)N(CCc2ccc(C(F)(F)F)cc2)C1. The number of carbonyl (C=O) groups is 1. The predicted molar refractivity (Wildman–Crippen MR) is 73.8 cm³/mol. The van der Waals surface area contributed by atoms with Gasteiger partial charge in [0.05, 0.1) is 5.56 Å². The van der Waals surface area contributed by atoms with Crippen molar-refractivity contribution in [1.29, 1.82) is 0 Å². The molecule has 0 aliphatic carbocycles. The van der Waals surface area contributed by atoms with Crippen LogP contribution in [0.5, 0.6) is 0 Å². The molecule has 1 atom stereocenters. The molecule has 1 amide bonds. The fourth-order valence-corrected chi connectivity index (χ4v) is 2.47. The molecule has 1 heterocycles. The summed E-state index contributed by atoms with van der Waals surface area (Å²) < 4.78 is 37.4. The second kappa shape index (κ2) is 6.70. The lowest BCUT2D eigenvalue weighted by molar-refractivity contribution is -0.137. The van der Waals surface area contributed by atoms with E-state index >= 15 is 0 Å². The second-order valence-corrected chi connectivity index (χ2v) is 5.27. The van der Waals surface area contributed by atoms with Gasteiger partial charge in [0.2, 0.25) is 5.91 Å².